The zero-order chi connectivity index (χ0) is 20.2. The van der Waals surface area contributed by atoms with Crippen LogP contribution in [0.2, 0.25) is 10.0 Å². The van der Waals surface area contributed by atoms with Crippen molar-refractivity contribution >= 4 is 33.0 Å². The van der Waals surface area contributed by atoms with Crippen molar-refractivity contribution in [3.8, 4) is 0 Å². The van der Waals surface area contributed by atoms with Crippen LogP contribution >= 0.6 is 23.2 Å². The molecule has 0 saturated heterocycles. The summed E-state index contributed by atoms with van der Waals surface area (Å²) >= 11 is 12.7. The SMILES string of the molecule is CC(C)=CCc1c(Cl)cccc1S(=O)(=O)c1cccc(Cl)c1CC=C(C)C. The molecule has 0 radical (unpaired) electrons. The standard InChI is InChI=1S/C22H24Cl2O2S/c1-15(2)11-13-17-19(23)7-5-9-21(17)27(25,26)22-10-6-8-20(24)18(22)14-12-16(3)4/h5-12H,13-14H2,1-4H3. The van der Waals surface area contributed by atoms with Crippen LogP contribution in [0.1, 0.15) is 38.8 Å². The molecule has 0 bridgehead atoms. The fraction of sp³-hybridized carbons (Fsp3) is 0.273. The van der Waals surface area contributed by atoms with Crippen molar-refractivity contribution in [1.29, 1.82) is 0 Å². The van der Waals surface area contributed by atoms with E-state index in [1.54, 1.807) is 36.4 Å². The Labute approximate surface area is 172 Å². The lowest BCUT2D eigenvalue weighted by Gasteiger charge is -2.15. The minimum Gasteiger partial charge on any atom is -0.218 e. The van der Waals surface area contributed by atoms with Gasteiger partial charge in [-0.3, -0.25) is 0 Å². The molecule has 27 heavy (non-hydrogen) atoms. The van der Waals surface area contributed by atoms with Gasteiger partial charge in [-0.15, -0.1) is 0 Å². The maximum absolute atomic E-state index is 13.5. The predicted octanol–water partition coefficient (Wildman–Crippen LogP) is 6.84. The molecule has 0 aliphatic carbocycles. The largest absolute Gasteiger partial charge is 0.218 e. The van der Waals surface area contributed by atoms with Crippen LogP contribution < -0.4 is 0 Å². The molecule has 2 aromatic carbocycles. The average Bonchev–Trinajstić information content (AvgIpc) is 2.58. The van der Waals surface area contributed by atoms with Crippen LogP contribution in [0.15, 0.2) is 69.5 Å². The number of hydrogen-bond donors (Lipinski definition) is 0. The van der Waals surface area contributed by atoms with Crippen molar-refractivity contribution in [3.05, 3.63) is 80.9 Å². The Morgan fingerprint density at radius 2 is 1.15 bits per heavy atom. The van der Waals surface area contributed by atoms with E-state index >= 15 is 0 Å². The molecular weight excluding hydrogens is 399 g/mol. The molecule has 0 aromatic heterocycles. The third kappa shape index (κ3) is 5.25. The van der Waals surface area contributed by atoms with E-state index in [9.17, 15) is 8.42 Å². The van der Waals surface area contributed by atoms with Gasteiger partial charge in [0.2, 0.25) is 9.84 Å². The minimum atomic E-state index is -3.77. The quantitative estimate of drug-likeness (QED) is 0.477. The molecule has 0 N–H and O–H groups in total. The molecule has 0 aliphatic rings. The first-order valence-corrected chi connectivity index (χ1v) is 10.9. The van der Waals surface area contributed by atoms with Gasteiger partial charge in [-0.2, -0.15) is 0 Å². The van der Waals surface area contributed by atoms with Gasteiger partial charge < -0.3 is 0 Å². The summed E-state index contributed by atoms with van der Waals surface area (Å²) in [5.41, 5.74) is 3.41. The lowest BCUT2D eigenvalue weighted by atomic mass is 10.1. The Balaban J connectivity index is 2.68. The highest BCUT2D eigenvalue weighted by atomic mass is 35.5. The van der Waals surface area contributed by atoms with Crippen molar-refractivity contribution in [2.75, 3.05) is 0 Å². The van der Waals surface area contributed by atoms with E-state index in [4.69, 9.17) is 23.2 Å². The van der Waals surface area contributed by atoms with E-state index in [0.29, 0.717) is 34.0 Å². The molecule has 144 valence electrons. The van der Waals surface area contributed by atoms with Crippen LogP contribution in [0.25, 0.3) is 0 Å². The van der Waals surface area contributed by atoms with Gasteiger partial charge in [0.1, 0.15) is 0 Å². The smallest absolute Gasteiger partial charge is 0.207 e. The molecule has 0 heterocycles. The van der Waals surface area contributed by atoms with Gasteiger partial charge in [0, 0.05) is 10.0 Å². The molecule has 0 amide bonds. The van der Waals surface area contributed by atoms with Crippen LogP contribution in [0.3, 0.4) is 0 Å². The van der Waals surface area contributed by atoms with Crippen LogP contribution in [-0.4, -0.2) is 8.42 Å². The minimum absolute atomic E-state index is 0.230. The molecular formula is C22H24Cl2O2S. The molecule has 5 heteroatoms. The highest BCUT2D eigenvalue weighted by Gasteiger charge is 2.25. The summed E-state index contributed by atoms with van der Waals surface area (Å²) in [6.45, 7) is 7.89. The molecule has 0 spiro atoms. The highest BCUT2D eigenvalue weighted by Crippen LogP contribution is 2.34. The Kier molecular flexibility index (Phi) is 7.32. The Hall–Kier alpha value is -1.55. The van der Waals surface area contributed by atoms with Crippen LogP contribution in [0.5, 0.6) is 0 Å². The van der Waals surface area contributed by atoms with E-state index in [0.717, 1.165) is 11.1 Å². The van der Waals surface area contributed by atoms with E-state index in [-0.39, 0.29) is 9.79 Å². The van der Waals surface area contributed by atoms with Crippen molar-refractivity contribution < 1.29 is 8.42 Å². The van der Waals surface area contributed by atoms with Gasteiger partial charge in [0.25, 0.3) is 0 Å². The summed E-state index contributed by atoms with van der Waals surface area (Å²) in [5.74, 6) is 0. The zero-order valence-electron chi connectivity index (χ0n) is 16.0. The molecule has 0 saturated carbocycles. The number of benzene rings is 2. The Bertz CT molecular complexity index is 919. The van der Waals surface area contributed by atoms with Gasteiger partial charge >= 0.3 is 0 Å². The number of sulfone groups is 1. The second kappa shape index (κ2) is 9.09. The summed E-state index contributed by atoms with van der Waals surface area (Å²) in [4.78, 5) is 0.460. The van der Waals surface area contributed by atoms with E-state index in [1.807, 2.05) is 39.8 Å². The monoisotopic (exact) mass is 422 g/mol. The normalized spacial score (nSPS) is 11.2. The maximum atomic E-state index is 13.5. The molecule has 2 nitrogen and oxygen atoms in total. The molecule has 0 fully saturated rings. The summed E-state index contributed by atoms with van der Waals surface area (Å²) in [5, 5.41) is 0.892. The molecule has 0 aliphatic heterocycles. The van der Waals surface area contributed by atoms with E-state index in [1.165, 1.54) is 0 Å². The lowest BCUT2D eigenvalue weighted by molar-refractivity contribution is 0.594. The summed E-state index contributed by atoms with van der Waals surface area (Å²) < 4.78 is 27.0. The Morgan fingerprint density at radius 3 is 1.48 bits per heavy atom. The second-order valence-corrected chi connectivity index (χ2v) is 9.61. The number of rotatable bonds is 6. The van der Waals surface area contributed by atoms with Gasteiger partial charge in [0.15, 0.2) is 0 Å². The summed E-state index contributed by atoms with van der Waals surface area (Å²) in [7, 11) is -3.77. The van der Waals surface area contributed by atoms with Gasteiger partial charge in [0.05, 0.1) is 9.79 Å². The van der Waals surface area contributed by atoms with Crippen molar-refractivity contribution in [1.82, 2.24) is 0 Å². The highest BCUT2D eigenvalue weighted by molar-refractivity contribution is 7.91. The molecule has 2 aromatic rings. The van der Waals surface area contributed by atoms with Crippen molar-refractivity contribution in [2.45, 2.75) is 50.3 Å². The van der Waals surface area contributed by atoms with Crippen LogP contribution in [-0.2, 0) is 22.7 Å². The predicted molar refractivity (Wildman–Crippen MR) is 115 cm³/mol. The third-order valence-electron chi connectivity index (χ3n) is 4.16. The van der Waals surface area contributed by atoms with Gasteiger partial charge in [-0.05, 0) is 75.9 Å². The first kappa shape index (κ1) is 21.7. The molecule has 0 atom stereocenters. The van der Waals surface area contributed by atoms with Gasteiger partial charge in [-0.25, -0.2) is 8.42 Å². The number of halogens is 2. The van der Waals surface area contributed by atoms with E-state index < -0.39 is 9.84 Å². The van der Waals surface area contributed by atoms with Gasteiger partial charge in [-0.1, -0.05) is 58.6 Å². The first-order valence-electron chi connectivity index (χ1n) is 8.71. The fourth-order valence-electron chi connectivity index (χ4n) is 2.71. The van der Waals surface area contributed by atoms with E-state index in [2.05, 4.69) is 0 Å². The fourth-order valence-corrected chi connectivity index (χ4v) is 5.11. The van der Waals surface area contributed by atoms with Crippen molar-refractivity contribution in [3.63, 3.8) is 0 Å². The molecule has 2 rings (SSSR count). The number of allylic oxidation sites excluding steroid dienone is 4. The average molecular weight is 423 g/mol. The first-order chi connectivity index (χ1) is 12.6. The summed E-state index contributed by atoms with van der Waals surface area (Å²) in [6, 6.07) is 10.00. The van der Waals surface area contributed by atoms with Crippen molar-refractivity contribution in [2.24, 2.45) is 0 Å². The Morgan fingerprint density at radius 1 is 0.778 bits per heavy atom. The van der Waals surface area contributed by atoms with Crippen LogP contribution in [0, 0.1) is 0 Å². The van der Waals surface area contributed by atoms with Crippen LogP contribution in [0.4, 0.5) is 0 Å². The lowest BCUT2D eigenvalue weighted by Crippen LogP contribution is -2.09. The summed E-state index contributed by atoms with van der Waals surface area (Å²) in [6.07, 6.45) is 4.87. The number of hydrogen-bond acceptors (Lipinski definition) is 2. The third-order valence-corrected chi connectivity index (χ3v) is 6.79. The topological polar surface area (TPSA) is 34.1 Å². The molecule has 0 unspecified atom stereocenters. The zero-order valence-corrected chi connectivity index (χ0v) is 18.3. The maximum Gasteiger partial charge on any atom is 0.207 e. The second-order valence-electron chi connectivity index (χ2n) is 6.91.